The van der Waals surface area contributed by atoms with Gasteiger partial charge in [0.15, 0.2) is 11.5 Å². The van der Waals surface area contributed by atoms with E-state index in [1.54, 1.807) is 7.11 Å². The lowest BCUT2D eigenvalue weighted by molar-refractivity contribution is -0.130. The van der Waals surface area contributed by atoms with Crippen LogP contribution < -0.4 is 14.2 Å². The fourth-order valence-corrected chi connectivity index (χ4v) is 5.61. The fourth-order valence-electron chi connectivity index (χ4n) is 5.61. The molecule has 1 amide bonds. The van der Waals surface area contributed by atoms with E-state index < -0.39 is 5.60 Å². The summed E-state index contributed by atoms with van der Waals surface area (Å²) in [5.74, 6) is 2.58. The SMILES string of the molecule is COc1ccc(CN2CCCC(O)(COc3ccc(C)cc3C)CC2)cc1OCCCN1CCCCCC1=O. The van der Waals surface area contributed by atoms with Gasteiger partial charge in [0.2, 0.25) is 5.91 Å². The highest BCUT2D eigenvalue weighted by molar-refractivity contribution is 5.76. The highest BCUT2D eigenvalue weighted by Crippen LogP contribution is 2.30. The first-order valence-electron chi connectivity index (χ1n) is 14.6. The zero-order valence-electron chi connectivity index (χ0n) is 24.0. The third kappa shape index (κ3) is 8.61. The molecule has 2 saturated heterocycles. The van der Waals surface area contributed by atoms with Crippen LogP contribution in [-0.4, -0.2) is 72.9 Å². The van der Waals surface area contributed by atoms with Gasteiger partial charge < -0.3 is 24.2 Å². The van der Waals surface area contributed by atoms with Gasteiger partial charge in [-0.2, -0.15) is 0 Å². The topological polar surface area (TPSA) is 71.5 Å². The molecule has 2 aliphatic rings. The number of hydrogen-bond donors (Lipinski definition) is 1. The molecule has 0 saturated carbocycles. The Morgan fingerprint density at radius 2 is 1.74 bits per heavy atom. The maximum absolute atomic E-state index is 12.2. The maximum Gasteiger partial charge on any atom is 0.222 e. The van der Waals surface area contributed by atoms with Crippen molar-refractivity contribution in [2.75, 3.05) is 46.5 Å². The van der Waals surface area contributed by atoms with E-state index in [1.165, 1.54) is 5.56 Å². The van der Waals surface area contributed by atoms with Gasteiger partial charge in [0.25, 0.3) is 0 Å². The van der Waals surface area contributed by atoms with Crippen molar-refractivity contribution in [1.29, 1.82) is 0 Å². The van der Waals surface area contributed by atoms with Gasteiger partial charge in [0.05, 0.1) is 19.3 Å². The summed E-state index contributed by atoms with van der Waals surface area (Å²) >= 11 is 0. The van der Waals surface area contributed by atoms with Crippen molar-refractivity contribution in [1.82, 2.24) is 9.80 Å². The van der Waals surface area contributed by atoms with Crippen LogP contribution in [0.3, 0.4) is 0 Å². The number of carbonyl (C=O) groups excluding carboxylic acids is 1. The van der Waals surface area contributed by atoms with Gasteiger partial charge in [-0.3, -0.25) is 9.69 Å². The lowest BCUT2D eigenvalue weighted by atomic mass is 9.96. The van der Waals surface area contributed by atoms with E-state index in [1.807, 2.05) is 30.0 Å². The number of benzene rings is 2. The molecular formula is C32H46N2O5. The van der Waals surface area contributed by atoms with Gasteiger partial charge >= 0.3 is 0 Å². The molecule has 0 aliphatic carbocycles. The van der Waals surface area contributed by atoms with Crippen molar-refractivity contribution >= 4 is 5.91 Å². The summed E-state index contributed by atoms with van der Waals surface area (Å²) in [4.78, 5) is 16.6. The summed E-state index contributed by atoms with van der Waals surface area (Å²) in [7, 11) is 1.66. The number of amides is 1. The molecule has 214 valence electrons. The number of carbonyl (C=O) groups is 1. The molecule has 0 spiro atoms. The first-order valence-corrected chi connectivity index (χ1v) is 14.6. The number of rotatable bonds is 11. The normalized spacial score (nSPS) is 20.8. The molecule has 4 rings (SSSR count). The van der Waals surface area contributed by atoms with Gasteiger partial charge in [-0.15, -0.1) is 0 Å². The zero-order valence-corrected chi connectivity index (χ0v) is 24.0. The van der Waals surface area contributed by atoms with Crippen LogP contribution in [0.2, 0.25) is 0 Å². The van der Waals surface area contributed by atoms with E-state index in [2.05, 4.69) is 30.0 Å². The van der Waals surface area contributed by atoms with Crippen molar-refractivity contribution in [3.63, 3.8) is 0 Å². The van der Waals surface area contributed by atoms with Crippen LogP contribution in [-0.2, 0) is 11.3 Å². The summed E-state index contributed by atoms with van der Waals surface area (Å²) in [6, 6.07) is 12.3. The van der Waals surface area contributed by atoms with Gasteiger partial charge in [-0.25, -0.2) is 0 Å². The Labute approximate surface area is 234 Å². The molecule has 39 heavy (non-hydrogen) atoms. The second kappa shape index (κ2) is 14.0. The first-order chi connectivity index (χ1) is 18.8. The van der Waals surface area contributed by atoms with Gasteiger partial charge in [0.1, 0.15) is 12.4 Å². The molecular weight excluding hydrogens is 492 g/mol. The van der Waals surface area contributed by atoms with Crippen molar-refractivity contribution in [2.24, 2.45) is 0 Å². The van der Waals surface area contributed by atoms with Crippen molar-refractivity contribution in [3.8, 4) is 17.2 Å². The van der Waals surface area contributed by atoms with Crippen LogP contribution in [0.5, 0.6) is 17.2 Å². The average molecular weight is 539 g/mol. The summed E-state index contributed by atoms with van der Waals surface area (Å²) < 4.78 is 17.7. The van der Waals surface area contributed by atoms with Gasteiger partial charge in [0, 0.05) is 32.6 Å². The molecule has 2 heterocycles. The van der Waals surface area contributed by atoms with Crippen molar-refractivity contribution in [3.05, 3.63) is 53.1 Å². The monoisotopic (exact) mass is 538 g/mol. The third-order valence-corrected chi connectivity index (χ3v) is 7.97. The van der Waals surface area contributed by atoms with Crippen LogP contribution in [0.15, 0.2) is 36.4 Å². The standard InChI is InChI=1S/C32H46N2O5/c1-25-10-12-28(26(2)21-25)39-24-32(36)14-7-16-33(19-15-32)23-27-11-13-29(37-3)30(22-27)38-20-8-18-34-17-6-4-5-9-31(34)35/h10-13,21-22,36H,4-9,14-20,23-24H2,1-3H3. The third-order valence-electron chi connectivity index (χ3n) is 7.97. The lowest BCUT2D eigenvalue weighted by Gasteiger charge is -2.27. The fraction of sp³-hybridized carbons (Fsp3) is 0.594. The summed E-state index contributed by atoms with van der Waals surface area (Å²) in [6.07, 6.45) is 7.03. The molecule has 1 atom stereocenters. The molecule has 0 bridgehead atoms. The van der Waals surface area contributed by atoms with Crippen LogP contribution in [0.4, 0.5) is 0 Å². The number of likely N-dealkylation sites (tertiary alicyclic amines) is 2. The molecule has 2 fully saturated rings. The molecule has 2 aliphatic heterocycles. The van der Waals surface area contributed by atoms with Crippen LogP contribution in [0.25, 0.3) is 0 Å². The summed E-state index contributed by atoms with van der Waals surface area (Å²) in [5.41, 5.74) is 2.64. The van der Waals surface area contributed by atoms with Crippen molar-refractivity contribution < 1.29 is 24.1 Å². The van der Waals surface area contributed by atoms with Crippen LogP contribution in [0.1, 0.15) is 68.1 Å². The predicted octanol–water partition coefficient (Wildman–Crippen LogP) is 5.28. The minimum Gasteiger partial charge on any atom is -0.493 e. The van der Waals surface area contributed by atoms with E-state index in [0.29, 0.717) is 26.1 Å². The van der Waals surface area contributed by atoms with E-state index in [4.69, 9.17) is 14.2 Å². The smallest absolute Gasteiger partial charge is 0.222 e. The van der Waals surface area contributed by atoms with Crippen molar-refractivity contribution in [2.45, 2.75) is 77.4 Å². The Bertz CT molecular complexity index is 1090. The number of hydrogen-bond acceptors (Lipinski definition) is 6. The number of methoxy groups -OCH3 is 1. The van der Waals surface area contributed by atoms with Gasteiger partial charge in [-0.1, -0.05) is 30.2 Å². The number of aliphatic hydroxyl groups is 1. The molecule has 7 heteroatoms. The second-order valence-electron chi connectivity index (χ2n) is 11.3. The zero-order chi connectivity index (χ0) is 27.7. The Kier molecular flexibility index (Phi) is 10.5. The van der Waals surface area contributed by atoms with E-state index in [0.717, 1.165) is 99.6 Å². The minimum atomic E-state index is -0.824. The molecule has 0 radical (unpaired) electrons. The molecule has 0 aromatic heterocycles. The Morgan fingerprint density at radius 1 is 0.897 bits per heavy atom. The summed E-state index contributed by atoms with van der Waals surface area (Å²) in [5, 5.41) is 11.3. The highest BCUT2D eigenvalue weighted by Gasteiger charge is 2.31. The Morgan fingerprint density at radius 3 is 2.56 bits per heavy atom. The second-order valence-corrected chi connectivity index (χ2v) is 11.3. The molecule has 2 aromatic carbocycles. The molecule has 7 nitrogen and oxygen atoms in total. The quantitative estimate of drug-likeness (QED) is 0.393. The highest BCUT2D eigenvalue weighted by atomic mass is 16.5. The summed E-state index contributed by atoms with van der Waals surface area (Å²) in [6.45, 7) is 9.10. The van der Waals surface area contributed by atoms with Crippen LogP contribution >= 0.6 is 0 Å². The first kappa shape index (κ1) is 29.2. The predicted molar refractivity (Wildman–Crippen MR) is 154 cm³/mol. The molecule has 2 aromatic rings. The van der Waals surface area contributed by atoms with E-state index in [9.17, 15) is 9.90 Å². The minimum absolute atomic E-state index is 0.272. The average Bonchev–Trinajstić information content (AvgIpc) is 3.24. The van der Waals surface area contributed by atoms with Crippen LogP contribution in [0, 0.1) is 13.8 Å². The largest absolute Gasteiger partial charge is 0.493 e. The van der Waals surface area contributed by atoms with Gasteiger partial charge in [-0.05, 0) is 88.2 Å². The Hall–Kier alpha value is -2.77. The van der Waals surface area contributed by atoms with E-state index >= 15 is 0 Å². The number of ether oxygens (including phenoxy) is 3. The molecule has 1 N–H and O–H groups in total. The van der Waals surface area contributed by atoms with E-state index in [-0.39, 0.29) is 5.91 Å². The maximum atomic E-state index is 12.2. The number of aryl methyl sites for hydroxylation is 2. The number of nitrogens with zero attached hydrogens (tertiary/aromatic N) is 2. The Balaban J connectivity index is 1.27. The lowest BCUT2D eigenvalue weighted by Crippen LogP contribution is -2.37. The molecule has 1 unspecified atom stereocenters.